The van der Waals surface area contributed by atoms with E-state index in [1.807, 2.05) is 30.3 Å². The number of carbonyl (C=O) groups excluding carboxylic acids is 2. The topological polar surface area (TPSA) is 71.4 Å². The zero-order valence-corrected chi connectivity index (χ0v) is 17.8. The first-order valence-electron chi connectivity index (χ1n) is 10.5. The van der Waals surface area contributed by atoms with Crippen molar-refractivity contribution in [3.05, 3.63) is 99.7 Å². The van der Waals surface area contributed by atoms with Crippen LogP contribution in [-0.2, 0) is 22.7 Å². The summed E-state index contributed by atoms with van der Waals surface area (Å²) in [6, 6.07) is 17.4. The summed E-state index contributed by atoms with van der Waals surface area (Å²) in [5, 5.41) is 2.87. The Bertz CT molecular complexity index is 1200. The molecule has 1 aromatic heterocycles. The molecule has 0 aliphatic carbocycles. The van der Waals surface area contributed by atoms with E-state index in [9.17, 15) is 18.8 Å². The molecule has 32 heavy (non-hydrogen) atoms. The van der Waals surface area contributed by atoms with E-state index in [2.05, 4.69) is 5.32 Å². The first-order valence-corrected chi connectivity index (χ1v) is 10.5. The molecule has 1 N–H and O–H groups in total. The summed E-state index contributed by atoms with van der Waals surface area (Å²) in [6.07, 6.45) is 1.80. The van der Waals surface area contributed by atoms with Crippen LogP contribution in [0, 0.1) is 18.7 Å². The highest BCUT2D eigenvalue weighted by molar-refractivity contribution is 6.00. The third-order valence-electron chi connectivity index (χ3n) is 5.63. The summed E-state index contributed by atoms with van der Waals surface area (Å²) >= 11 is 0. The predicted octanol–water partition coefficient (Wildman–Crippen LogP) is 3.01. The smallest absolute Gasteiger partial charge is 0.250 e. The number of aryl methyl sites for hydroxylation is 1. The molecular formula is C25H24FN3O3. The zero-order valence-electron chi connectivity index (χ0n) is 17.8. The molecule has 1 aliphatic rings. The fourth-order valence-electron chi connectivity index (χ4n) is 3.83. The highest BCUT2D eigenvalue weighted by Crippen LogP contribution is 2.28. The molecule has 1 aliphatic heterocycles. The minimum atomic E-state index is -0.521. The Hall–Kier alpha value is -3.74. The number of aromatic nitrogens is 1. The van der Waals surface area contributed by atoms with Crippen molar-refractivity contribution in [1.29, 1.82) is 0 Å². The zero-order chi connectivity index (χ0) is 22.7. The van der Waals surface area contributed by atoms with Gasteiger partial charge >= 0.3 is 0 Å². The minimum Gasteiger partial charge on any atom is -0.352 e. The highest BCUT2D eigenvalue weighted by atomic mass is 19.1. The molecule has 0 bridgehead atoms. The van der Waals surface area contributed by atoms with Gasteiger partial charge in [-0.2, -0.15) is 0 Å². The van der Waals surface area contributed by atoms with Crippen molar-refractivity contribution in [2.24, 2.45) is 5.92 Å². The molecule has 1 saturated heterocycles. The lowest BCUT2D eigenvalue weighted by Crippen LogP contribution is -2.32. The van der Waals surface area contributed by atoms with Crippen molar-refractivity contribution in [2.45, 2.75) is 26.4 Å². The van der Waals surface area contributed by atoms with E-state index in [0.717, 1.165) is 16.7 Å². The van der Waals surface area contributed by atoms with Crippen LogP contribution in [0.25, 0.3) is 0 Å². The van der Waals surface area contributed by atoms with Gasteiger partial charge in [-0.25, -0.2) is 4.39 Å². The maximum absolute atomic E-state index is 14.3. The number of halogens is 1. The molecule has 1 unspecified atom stereocenters. The molecule has 0 saturated carbocycles. The van der Waals surface area contributed by atoms with E-state index in [-0.39, 0.29) is 36.0 Å². The van der Waals surface area contributed by atoms with Crippen LogP contribution >= 0.6 is 0 Å². The number of rotatable bonds is 6. The molecule has 4 rings (SSSR count). The standard InChI is InChI=1S/C25H24FN3O3/c1-17-5-10-22(21(26)12-17)29-16-20(13-24(29)31)25(32)27-14-18-6-8-19(9-7-18)15-28-11-3-2-4-23(28)30/h2-12,20H,13-16H2,1H3,(H,27,32). The Morgan fingerprint density at radius 1 is 1.06 bits per heavy atom. The summed E-state index contributed by atoms with van der Waals surface area (Å²) in [4.78, 5) is 38.1. The van der Waals surface area contributed by atoms with Crippen LogP contribution in [0.3, 0.4) is 0 Å². The largest absolute Gasteiger partial charge is 0.352 e. The second-order valence-electron chi connectivity index (χ2n) is 8.06. The van der Waals surface area contributed by atoms with Gasteiger partial charge in [0.15, 0.2) is 0 Å². The first-order chi connectivity index (χ1) is 15.4. The monoisotopic (exact) mass is 433 g/mol. The Morgan fingerprint density at radius 2 is 1.81 bits per heavy atom. The predicted molar refractivity (Wildman–Crippen MR) is 120 cm³/mol. The van der Waals surface area contributed by atoms with Gasteiger partial charge in [0.05, 0.1) is 18.2 Å². The van der Waals surface area contributed by atoms with Crippen LogP contribution in [0.15, 0.2) is 71.7 Å². The van der Waals surface area contributed by atoms with Crippen LogP contribution in [-0.4, -0.2) is 22.9 Å². The number of carbonyl (C=O) groups is 2. The van der Waals surface area contributed by atoms with Crippen LogP contribution in [0.2, 0.25) is 0 Å². The van der Waals surface area contributed by atoms with Gasteiger partial charge in [-0.15, -0.1) is 0 Å². The number of nitrogens with zero attached hydrogens (tertiary/aromatic N) is 2. The summed E-state index contributed by atoms with van der Waals surface area (Å²) in [5.74, 6) is -1.47. The highest BCUT2D eigenvalue weighted by Gasteiger charge is 2.36. The minimum absolute atomic E-state index is 0.0594. The number of hydrogen-bond donors (Lipinski definition) is 1. The van der Waals surface area contributed by atoms with Crippen molar-refractivity contribution < 1.29 is 14.0 Å². The third kappa shape index (κ3) is 4.77. The number of pyridine rings is 1. The number of hydrogen-bond acceptors (Lipinski definition) is 3. The van der Waals surface area contributed by atoms with Crippen molar-refractivity contribution in [3.63, 3.8) is 0 Å². The molecular weight excluding hydrogens is 409 g/mol. The third-order valence-corrected chi connectivity index (χ3v) is 5.63. The van der Waals surface area contributed by atoms with Crippen LogP contribution in [0.1, 0.15) is 23.1 Å². The average Bonchev–Trinajstić information content (AvgIpc) is 3.16. The SMILES string of the molecule is Cc1ccc(N2CC(C(=O)NCc3ccc(Cn4ccccc4=O)cc3)CC2=O)c(F)c1. The van der Waals surface area contributed by atoms with E-state index < -0.39 is 11.7 Å². The molecule has 0 radical (unpaired) electrons. The van der Waals surface area contributed by atoms with Gasteiger partial charge in [0.25, 0.3) is 5.56 Å². The summed E-state index contributed by atoms with van der Waals surface area (Å²) in [7, 11) is 0. The van der Waals surface area contributed by atoms with Gasteiger partial charge in [-0.05, 0) is 41.8 Å². The summed E-state index contributed by atoms with van der Waals surface area (Å²) < 4.78 is 15.9. The quantitative estimate of drug-likeness (QED) is 0.650. The maximum atomic E-state index is 14.3. The Morgan fingerprint density at radius 3 is 2.53 bits per heavy atom. The molecule has 1 atom stereocenters. The lowest BCUT2D eigenvalue weighted by Gasteiger charge is -2.18. The molecule has 7 heteroatoms. The molecule has 2 aromatic carbocycles. The van der Waals surface area contributed by atoms with E-state index in [1.165, 1.54) is 17.0 Å². The van der Waals surface area contributed by atoms with Crippen molar-refractivity contribution >= 4 is 17.5 Å². The second-order valence-corrected chi connectivity index (χ2v) is 8.06. The number of benzene rings is 2. The molecule has 2 amide bonds. The van der Waals surface area contributed by atoms with Gasteiger partial charge in [0.1, 0.15) is 5.82 Å². The molecule has 3 aromatic rings. The molecule has 6 nitrogen and oxygen atoms in total. The molecule has 1 fully saturated rings. The molecule has 0 spiro atoms. The van der Waals surface area contributed by atoms with Crippen molar-refractivity contribution in [3.8, 4) is 0 Å². The lowest BCUT2D eigenvalue weighted by molar-refractivity contribution is -0.126. The Labute approximate surface area is 185 Å². The van der Waals surface area contributed by atoms with E-state index in [1.54, 1.807) is 35.9 Å². The van der Waals surface area contributed by atoms with Crippen molar-refractivity contribution in [2.75, 3.05) is 11.4 Å². The second kappa shape index (κ2) is 9.18. The molecule has 2 heterocycles. The number of amides is 2. The Kier molecular flexibility index (Phi) is 6.16. The lowest BCUT2D eigenvalue weighted by atomic mass is 10.1. The van der Waals surface area contributed by atoms with Crippen LogP contribution in [0.5, 0.6) is 0 Å². The Balaban J connectivity index is 1.33. The van der Waals surface area contributed by atoms with Crippen molar-refractivity contribution in [1.82, 2.24) is 9.88 Å². The number of nitrogens with one attached hydrogen (secondary N) is 1. The summed E-state index contributed by atoms with van der Waals surface area (Å²) in [5.41, 5.74) is 2.81. The van der Waals surface area contributed by atoms with Crippen LogP contribution < -0.4 is 15.8 Å². The van der Waals surface area contributed by atoms with Gasteiger partial charge in [-0.3, -0.25) is 14.4 Å². The van der Waals surface area contributed by atoms with Gasteiger partial charge in [0.2, 0.25) is 11.8 Å². The first kappa shape index (κ1) is 21.5. The fourth-order valence-corrected chi connectivity index (χ4v) is 3.83. The average molecular weight is 433 g/mol. The van der Waals surface area contributed by atoms with Gasteiger partial charge in [0, 0.05) is 31.8 Å². The van der Waals surface area contributed by atoms with Crippen LogP contribution in [0.4, 0.5) is 10.1 Å². The van der Waals surface area contributed by atoms with E-state index in [4.69, 9.17) is 0 Å². The van der Waals surface area contributed by atoms with E-state index >= 15 is 0 Å². The number of anilines is 1. The van der Waals surface area contributed by atoms with Gasteiger partial charge < -0.3 is 14.8 Å². The van der Waals surface area contributed by atoms with Gasteiger partial charge in [-0.1, -0.05) is 36.4 Å². The molecule has 164 valence electrons. The fraction of sp³-hybridized carbons (Fsp3) is 0.240. The summed E-state index contributed by atoms with van der Waals surface area (Å²) in [6.45, 7) is 2.74. The normalized spacial score (nSPS) is 15.8. The maximum Gasteiger partial charge on any atom is 0.250 e. The van der Waals surface area contributed by atoms with E-state index in [0.29, 0.717) is 13.1 Å².